The van der Waals surface area contributed by atoms with Crippen molar-refractivity contribution in [2.45, 2.75) is 10.8 Å². The molecule has 0 saturated carbocycles. The fourth-order valence-corrected chi connectivity index (χ4v) is 1.05. The summed E-state index contributed by atoms with van der Waals surface area (Å²) >= 11 is 3.21. The lowest BCUT2D eigenvalue weighted by Crippen LogP contribution is -1.98. The van der Waals surface area contributed by atoms with E-state index in [1.165, 1.54) is 0 Å². The highest BCUT2D eigenvalue weighted by molar-refractivity contribution is 9.10. The highest BCUT2D eigenvalue weighted by Crippen LogP contribution is 2.48. The molecule has 1 fully saturated rings. The maximum atomic E-state index is 4.95. The first-order chi connectivity index (χ1) is 3.31. The fraction of sp³-hybridized carbons (Fsp3) is 0.500. The Hall–Kier alpha value is -0.0200. The van der Waals surface area contributed by atoms with E-state index in [0.717, 1.165) is 0 Å². The molecule has 2 atom stereocenters. The van der Waals surface area contributed by atoms with Crippen LogP contribution in [0.2, 0.25) is 0 Å². The van der Waals surface area contributed by atoms with Gasteiger partial charge in [-0.05, 0) is 22.0 Å². The Morgan fingerprint density at radius 3 is 2.71 bits per heavy atom. The van der Waals surface area contributed by atoms with Gasteiger partial charge in [-0.15, -0.1) is 0 Å². The molecule has 7 heavy (non-hydrogen) atoms. The predicted octanol–water partition coefficient (Wildman–Crippen LogP) is 0.978. The Bertz CT molecular complexity index is 134. The van der Waals surface area contributed by atoms with Crippen LogP contribution in [0, 0.1) is 0 Å². The van der Waals surface area contributed by atoms with Crippen molar-refractivity contribution in [3.63, 3.8) is 0 Å². The minimum atomic E-state index is -0.437. The minimum absolute atomic E-state index is 0.174. The van der Waals surface area contributed by atoms with E-state index >= 15 is 0 Å². The molecule has 2 rings (SSSR count). The standard InChI is InChI=1S/C4H3BrO2/c5-4-3(7-4)1-2-6-4/h1-3H. The third-order valence-electron chi connectivity index (χ3n) is 1.05. The van der Waals surface area contributed by atoms with Crippen LogP contribution >= 0.6 is 15.9 Å². The highest BCUT2D eigenvalue weighted by Gasteiger charge is 2.59. The smallest absolute Gasteiger partial charge is 0.298 e. The van der Waals surface area contributed by atoms with Gasteiger partial charge in [0.1, 0.15) is 0 Å². The molecule has 38 valence electrons. The third-order valence-corrected chi connectivity index (χ3v) is 1.88. The van der Waals surface area contributed by atoms with Crippen molar-refractivity contribution in [1.82, 2.24) is 0 Å². The summed E-state index contributed by atoms with van der Waals surface area (Å²) in [5, 5.41) is 0. The van der Waals surface area contributed by atoms with Gasteiger partial charge in [-0.25, -0.2) is 0 Å². The van der Waals surface area contributed by atoms with E-state index in [9.17, 15) is 0 Å². The van der Waals surface area contributed by atoms with Gasteiger partial charge in [-0.1, -0.05) is 0 Å². The Balaban J connectivity index is 2.28. The van der Waals surface area contributed by atoms with Gasteiger partial charge in [0.2, 0.25) is 0 Å². The molecule has 1 saturated heterocycles. The van der Waals surface area contributed by atoms with Crippen LogP contribution in [0.1, 0.15) is 0 Å². The number of hydrogen-bond donors (Lipinski definition) is 0. The Kier molecular flexibility index (Phi) is 0.493. The van der Waals surface area contributed by atoms with Gasteiger partial charge >= 0.3 is 0 Å². The van der Waals surface area contributed by atoms with Crippen LogP contribution in [0.15, 0.2) is 12.3 Å². The average Bonchev–Trinajstić information content (AvgIpc) is 2.09. The van der Waals surface area contributed by atoms with Crippen molar-refractivity contribution >= 4 is 15.9 Å². The summed E-state index contributed by atoms with van der Waals surface area (Å²) in [6.07, 6.45) is 3.69. The minimum Gasteiger partial charge on any atom is -0.458 e. The largest absolute Gasteiger partial charge is 0.458 e. The summed E-state index contributed by atoms with van der Waals surface area (Å²) in [5.74, 6) is 0. The van der Waals surface area contributed by atoms with Crippen LogP contribution in [0.4, 0.5) is 0 Å². The van der Waals surface area contributed by atoms with Gasteiger partial charge < -0.3 is 9.47 Å². The summed E-state index contributed by atoms with van der Waals surface area (Å²) in [6, 6.07) is 0. The summed E-state index contributed by atoms with van der Waals surface area (Å²) in [4.78, 5) is 0. The molecule has 2 heterocycles. The first kappa shape index (κ1) is 3.92. The van der Waals surface area contributed by atoms with Crippen molar-refractivity contribution in [3.05, 3.63) is 12.3 Å². The van der Waals surface area contributed by atoms with E-state index in [1.807, 2.05) is 6.08 Å². The molecule has 0 N–H and O–H groups in total. The first-order valence-corrected chi connectivity index (χ1v) is 2.82. The number of fused-ring (bicyclic) bond motifs is 1. The van der Waals surface area contributed by atoms with E-state index in [1.54, 1.807) is 6.26 Å². The summed E-state index contributed by atoms with van der Waals surface area (Å²) < 4.78 is 9.44. The molecule has 2 nitrogen and oxygen atoms in total. The normalized spacial score (nSPS) is 53.6. The second kappa shape index (κ2) is 0.880. The van der Waals surface area contributed by atoms with Crippen molar-refractivity contribution < 1.29 is 9.47 Å². The molecular weight excluding hydrogens is 160 g/mol. The summed E-state index contributed by atoms with van der Waals surface area (Å²) in [5.41, 5.74) is 0. The zero-order valence-corrected chi connectivity index (χ0v) is 5.01. The molecule has 0 aromatic carbocycles. The van der Waals surface area contributed by atoms with E-state index < -0.39 is 4.70 Å². The molecule has 0 aromatic heterocycles. The first-order valence-electron chi connectivity index (χ1n) is 2.02. The van der Waals surface area contributed by atoms with Crippen LogP contribution < -0.4 is 0 Å². The maximum absolute atomic E-state index is 4.95. The van der Waals surface area contributed by atoms with Crippen molar-refractivity contribution in [2.75, 3.05) is 0 Å². The van der Waals surface area contributed by atoms with Crippen LogP contribution in [-0.4, -0.2) is 10.8 Å². The molecule has 2 aliphatic rings. The molecule has 0 aromatic rings. The molecule has 2 aliphatic heterocycles. The fourth-order valence-electron chi connectivity index (χ4n) is 0.592. The molecule has 0 radical (unpaired) electrons. The van der Waals surface area contributed by atoms with Crippen molar-refractivity contribution in [3.8, 4) is 0 Å². The zero-order valence-electron chi connectivity index (χ0n) is 3.43. The van der Waals surface area contributed by atoms with Gasteiger partial charge in [0.25, 0.3) is 4.70 Å². The van der Waals surface area contributed by atoms with Gasteiger partial charge in [0, 0.05) is 0 Å². The van der Waals surface area contributed by atoms with Gasteiger partial charge in [0.15, 0.2) is 6.10 Å². The average molecular weight is 163 g/mol. The Morgan fingerprint density at radius 2 is 2.57 bits per heavy atom. The third kappa shape index (κ3) is 0.371. The monoisotopic (exact) mass is 162 g/mol. The van der Waals surface area contributed by atoms with Gasteiger partial charge in [-0.2, -0.15) is 0 Å². The number of rotatable bonds is 0. The highest BCUT2D eigenvalue weighted by atomic mass is 79.9. The summed E-state index contributed by atoms with van der Waals surface area (Å²) in [7, 11) is 0. The lowest BCUT2D eigenvalue weighted by atomic mass is 10.5. The Labute approximate surface area is 49.2 Å². The predicted molar refractivity (Wildman–Crippen MR) is 26.8 cm³/mol. The van der Waals surface area contributed by atoms with Crippen LogP contribution in [-0.2, 0) is 9.47 Å². The molecule has 2 unspecified atom stereocenters. The van der Waals surface area contributed by atoms with Crippen LogP contribution in [0.3, 0.4) is 0 Å². The van der Waals surface area contributed by atoms with Crippen molar-refractivity contribution in [2.24, 2.45) is 0 Å². The molecule has 0 aliphatic carbocycles. The van der Waals surface area contributed by atoms with Crippen molar-refractivity contribution in [1.29, 1.82) is 0 Å². The lowest BCUT2D eigenvalue weighted by molar-refractivity contribution is 0.105. The zero-order chi connectivity index (χ0) is 4.91. The molecule has 3 heteroatoms. The number of halogens is 1. The Morgan fingerprint density at radius 1 is 1.71 bits per heavy atom. The van der Waals surface area contributed by atoms with Gasteiger partial charge in [-0.3, -0.25) is 0 Å². The second-order valence-electron chi connectivity index (χ2n) is 1.57. The number of hydrogen-bond acceptors (Lipinski definition) is 2. The molecule has 0 spiro atoms. The molecule has 0 bridgehead atoms. The van der Waals surface area contributed by atoms with E-state index in [2.05, 4.69) is 15.9 Å². The number of ether oxygens (including phenoxy) is 2. The second-order valence-corrected chi connectivity index (χ2v) is 2.67. The van der Waals surface area contributed by atoms with Crippen LogP contribution in [0.5, 0.6) is 0 Å². The molecule has 0 amide bonds. The van der Waals surface area contributed by atoms with Gasteiger partial charge in [0.05, 0.1) is 6.26 Å². The lowest BCUT2D eigenvalue weighted by Gasteiger charge is -1.94. The number of epoxide rings is 1. The van der Waals surface area contributed by atoms with E-state index in [4.69, 9.17) is 9.47 Å². The number of alkyl halides is 1. The van der Waals surface area contributed by atoms with E-state index in [-0.39, 0.29) is 6.10 Å². The maximum Gasteiger partial charge on any atom is 0.298 e. The van der Waals surface area contributed by atoms with Crippen LogP contribution in [0.25, 0.3) is 0 Å². The summed E-state index contributed by atoms with van der Waals surface area (Å²) in [6.45, 7) is 0. The SMILES string of the molecule is BrC12OC=CC1O2. The topological polar surface area (TPSA) is 21.8 Å². The quantitative estimate of drug-likeness (QED) is 0.392. The van der Waals surface area contributed by atoms with E-state index in [0.29, 0.717) is 0 Å². The molecular formula is C4H3BrO2.